The summed E-state index contributed by atoms with van der Waals surface area (Å²) in [6.07, 6.45) is 0. The molecule has 2 N–H and O–H groups in total. The molecule has 0 bridgehead atoms. The van der Waals surface area contributed by atoms with Gasteiger partial charge in [-0.2, -0.15) is 0 Å². The number of amides is 2. The molecule has 0 aliphatic rings. The van der Waals surface area contributed by atoms with Gasteiger partial charge in [0.1, 0.15) is 0 Å². The van der Waals surface area contributed by atoms with E-state index in [1.807, 2.05) is 6.07 Å². The quantitative estimate of drug-likeness (QED) is 0.824. The maximum absolute atomic E-state index is 12.0. The summed E-state index contributed by atoms with van der Waals surface area (Å²) in [7, 11) is 0. The zero-order chi connectivity index (χ0) is 15.9. The smallest absolute Gasteiger partial charge is 0.252 e. The lowest BCUT2D eigenvalue weighted by atomic mass is 10.2. The highest BCUT2D eigenvalue weighted by Crippen LogP contribution is 2.20. The minimum Gasteiger partial charge on any atom is -0.350 e. The molecule has 22 heavy (non-hydrogen) atoms. The van der Waals surface area contributed by atoms with Crippen LogP contribution in [0.25, 0.3) is 0 Å². The number of nitrogens with one attached hydrogen (secondary N) is 2. The fraction of sp³-hybridized carbons (Fsp3) is 0.125. The summed E-state index contributed by atoms with van der Waals surface area (Å²) >= 11 is 11.8. The Balaban J connectivity index is 1.80. The van der Waals surface area contributed by atoms with Gasteiger partial charge in [-0.1, -0.05) is 41.4 Å². The van der Waals surface area contributed by atoms with E-state index in [-0.39, 0.29) is 11.8 Å². The summed E-state index contributed by atoms with van der Waals surface area (Å²) in [5.41, 5.74) is 0.885. The molecule has 0 aromatic heterocycles. The fourth-order valence-corrected chi connectivity index (χ4v) is 2.19. The van der Waals surface area contributed by atoms with Crippen molar-refractivity contribution in [3.8, 4) is 0 Å². The summed E-state index contributed by atoms with van der Waals surface area (Å²) < 4.78 is 0. The van der Waals surface area contributed by atoms with Gasteiger partial charge in [-0.25, -0.2) is 0 Å². The molecule has 0 saturated heterocycles. The molecule has 2 amide bonds. The molecule has 2 rings (SSSR count). The molecule has 0 atom stereocenters. The van der Waals surface area contributed by atoms with E-state index < -0.39 is 0 Å². The van der Waals surface area contributed by atoms with Crippen LogP contribution in [0.1, 0.15) is 20.7 Å². The second-order valence-corrected chi connectivity index (χ2v) is 5.35. The summed E-state index contributed by atoms with van der Waals surface area (Å²) in [6, 6.07) is 13.5. The number of benzene rings is 2. The van der Waals surface area contributed by atoms with Crippen LogP contribution in [0.5, 0.6) is 0 Å². The Bertz CT molecular complexity index is 675. The highest BCUT2D eigenvalue weighted by Gasteiger charge is 2.10. The van der Waals surface area contributed by atoms with E-state index >= 15 is 0 Å². The number of halogens is 2. The van der Waals surface area contributed by atoms with Gasteiger partial charge in [-0.05, 0) is 30.3 Å². The van der Waals surface area contributed by atoms with E-state index in [1.165, 1.54) is 6.07 Å². The summed E-state index contributed by atoms with van der Waals surface area (Å²) in [5, 5.41) is 6.16. The van der Waals surface area contributed by atoms with Gasteiger partial charge in [0.15, 0.2) is 0 Å². The van der Waals surface area contributed by atoms with Crippen molar-refractivity contribution in [3.63, 3.8) is 0 Å². The average Bonchev–Trinajstić information content (AvgIpc) is 2.54. The van der Waals surface area contributed by atoms with Crippen LogP contribution in [-0.2, 0) is 0 Å². The molecule has 4 nitrogen and oxygen atoms in total. The third kappa shape index (κ3) is 4.48. The third-order valence-electron chi connectivity index (χ3n) is 2.91. The van der Waals surface area contributed by atoms with Crippen LogP contribution in [0.15, 0.2) is 48.5 Å². The molecular weight excluding hydrogens is 323 g/mol. The first-order valence-corrected chi connectivity index (χ1v) is 7.40. The predicted octanol–water partition coefficient (Wildman–Crippen LogP) is 3.15. The Morgan fingerprint density at radius 2 is 1.50 bits per heavy atom. The third-order valence-corrected chi connectivity index (χ3v) is 3.47. The maximum Gasteiger partial charge on any atom is 0.252 e. The van der Waals surface area contributed by atoms with E-state index in [9.17, 15) is 9.59 Å². The van der Waals surface area contributed by atoms with E-state index in [0.717, 1.165) is 0 Å². The first-order valence-electron chi connectivity index (χ1n) is 6.64. The predicted molar refractivity (Wildman–Crippen MR) is 87.6 cm³/mol. The van der Waals surface area contributed by atoms with E-state index in [1.54, 1.807) is 36.4 Å². The molecule has 0 unspecified atom stereocenters. The van der Waals surface area contributed by atoms with E-state index in [2.05, 4.69) is 10.6 Å². The van der Waals surface area contributed by atoms with Crippen LogP contribution in [0, 0.1) is 0 Å². The molecule has 2 aromatic rings. The van der Waals surface area contributed by atoms with Crippen molar-refractivity contribution < 1.29 is 9.59 Å². The normalized spacial score (nSPS) is 10.1. The van der Waals surface area contributed by atoms with Gasteiger partial charge in [0, 0.05) is 23.7 Å². The monoisotopic (exact) mass is 336 g/mol. The van der Waals surface area contributed by atoms with Crippen molar-refractivity contribution in [3.05, 3.63) is 69.7 Å². The lowest BCUT2D eigenvalue weighted by molar-refractivity contribution is 0.0927. The molecule has 0 radical (unpaired) electrons. The Hall–Kier alpha value is -2.04. The van der Waals surface area contributed by atoms with Gasteiger partial charge in [-0.15, -0.1) is 0 Å². The van der Waals surface area contributed by atoms with E-state index in [4.69, 9.17) is 23.2 Å². The number of carbonyl (C=O) groups is 2. The van der Waals surface area contributed by atoms with Crippen molar-refractivity contribution in [2.24, 2.45) is 0 Å². The Labute approximate surface area is 138 Å². The second kappa shape index (κ2) is 7.82. The number of hydrogen-bond donors (Lipinski definition) is 2. The summed E-state index contributed by atoms with van der Waals surface area (Å²) in [6.45, 7) is 0.609. The van der Waals surface area contributed by atoms with Crippen LogP contribution < -0.4 is 10.6 Å². The van der Waals surface area contributed by atoms with Crippen LogP contribution in [0.3, 0.4) is 0 Å². The molecule has 6 heteroatoms. The van der Waals surface area contributed by atoms with Crippen LogP contribution in [0.4, 0.5) is 0 Å². The maximum atomic E-state index is 12.0. The SMILES string of the molecule is O=C(NCCNC(=O)c1cc(Cl)ccc1Cl)c1ccccc1. The van der Waals surface area contributed by atoms with Gasteiger partial charge in [0.25, 0.3) is 11.8 Å². The minimum absolute atomic E-state index is 0.185. The number of rotatable bonds is 5. The molecule has 0 spiro atoms. The average molecular weight is 337 g/mol. The summed E-state index contributed by atoms with van der Waals surface area (Å²) in [4.78, 5) is 23.8. The van der Waals surface area contributed by atoms with Crippen LogP contribution in [-0.4, -0.2) is 24.9 Å². The topological polar surface area (TPSA) is 58.2 Å². The first kappa shape index (κ1) is 16.3. The largest absolute Gasteiger partial charge is 0.350 e. The zero-order valence-electron chi connectivity index (χ0n) is 11.6. The number of carbonyl (C=O) groups excluding carboxylic acids is 2. The highest BCUT2D eigenvalue weighted by atomic mass is 35.5. The molecule has 114 valence electrons. The fourth-order valence-electron chi connectivity index (χ4n) is 1.81. The standard InChI is InChI=1S/C16H14Cl2N2O2/c17-12-6-7-14(18)13(10-12)16(22)20-9-8-19-15(21)11-4-2-1-3-5-11/h1-7,10H,8-9H2,(H,19,21)(H,20,22). The van der Waals surface area contributed by atoms with Gasteiger partial charge in [0.05, 0.1) is 10.6 Å². The van der Waals surface area contributed by atoms with Crippen molar-refractivity contribution in [2.45, 2.75) is 0 Å². The van der Waals surface area contributed by atoms with Crippen molar-refractivity contribution in [2.75, 3.05) is 13.1 Å². The highest BCUT2D eigenvalue weighted by molar-refractivity contribution is 6.35. The zero-order valence-corrected chi connectivity index (χ0v) is 13.1. The molecule has 2 aromatic carbocycles. The molecule has 0 heterocycles. The Morgan fingerprint density at radius 1 is 0.864 bits per heavy atom. The molecular formula is C16H14Cl2N2O2. The minimum atomic E-state index is -0.332. The molecule has 0 aliphatic heterocycles. The summed E-state index contributed by atoms with van der Waals surface area (Å²) in [5.74, 6) is -0.517. The van der Waals surface area contributed by atoms with Gasteiger partial charge in [-0.3, -0.25) is 9.59 Å². The second-order valence-electron chi connectivity index (χ2n) is 4.50. The van der Waals surface area contributed by atoms with Gasteiger partial charge < -0.3 is 10.6 Å². The van der Waals surface area contributed by atoms with E-state index in [0.29, 0.717) is 34.3 Å². The van der Waals surface area contributed by atoms with Crippen LogP contribution in [0.2, 0.25) is 10.0 Å². The van der Waals surface area contributed by atoms with Gasteiger partial charge in [0.2, 0.25) is 0 Å². The molecule has 0 saturated carbocycles. The molecule has 0 fully saturated rings. The van der Waals surface area contributed by atoms with Crippen LogP contribution >= 0.6 is 23.2 Å². The van der Waals surface area contributed by atoms with Crippen molar-refractivity contribution in [1.29, 1.82) is 0 Å². The van der Waals surface area contributed by atoms with Crippen molar-refractivity contribution >= 4 is 35.0 Å². The molecule has 0 aliphatic carbocycles. The lowest BCUT2D eigenvalue weighted by Crippen LogP contribution is -2.34. The van der Waals surface area contributed by atoms with Gasteiger partial charge >= 0.3 is 0 Å². The van der Waals surface area contributed by atoms with Crippen molar-refractivity contribution in [1.82, 2.24) is 10.6 Å². The Kier molecular flexibility index (Phi) is 5.81. The number of hydrogen-bond acceptors (Lipinski definition) is 2. The Morgan fingerprint density at radius 3 is 2.18 bits per heavy atom. The lowest BCUT2D eigenvalue weighted by Gasteiger charge is -2.08. The first-order chi connectivity index (χ1) is 10.6.